The molecule has 0 unspecified atom stereocenters. The summed E-state index contributed by atoms with van der Waals surface area (Å²) in [4.78, 5) is 28.8. The van der Waals surface area contributed by atoms with Gasteiger partial charge in [0.05, 0.1) is 5.02 Å². The zero-order chi connectivity index (χ0) is 21.6. The molecule has 0 fully saturated rings. The Hall–Kier alpha value is -2.54. The van der Waals surface area contributed by atoms with Crippen molar-refractivity contribution in [2.45, 2.75) is 40.2 Å². The first kappa shape index (κ1) is 22.7. The second-order valence-electron chi connectivity index (χ2n) is 6.94. The van der Waals surface area contributed by atoms with Gasteiger partial charge in [-0.25, -0.2) is 8.78 Å². The first-order chi connectivity index (χ1) is 13.7. The van der Waals surface area contributed by atoms with E-state index in [1.54, 1.807) is 31.2 Å². The Morgan fingerprint density at radius 1 is 1.21 bits per heavy atom. The zero-order valence-corrected chi connectivity index (χ0v) is 17.2. The van der Waals surface area contributed by atoms with Crippen molar-refractivity contribution in [3.63, 3.8) is 0 Å². The molecular weight excluding hydrogens is 402 g/mol. The third-order valence-corrected chi connectivity index (χ3v) is 4.38. The number of nitrogens with one attached hydrogen (secondary N) is 1. The predicted molar refractivity (Wildman–Crippen MR) is 107 cm³/mol. The molecule has 29 heavy (non-hydrogen) atoms. The van der Waals surface area contributed by atoms with Crippen LogP contribution in [0.15, 0.2) is 30.3 Å². The van der Waals surface area contributed by atoms with E-state index in [1.807, 2.05) is 13.8 Å². The Morgan fingerprint density at radius 2 is 1.93 bits per heavy atom. The molecule has 1 heterocycles. The first-order valence-electron chi connectivity index (χ1n) is 9.13. The van der Waals surface area contributed by atoms with E-state index in [1.165, 1.54) is 6.07 Å². The normalized spacial score (nSPS) is 11.0. The topological polar surface area (TPSA) is 68.3 Å². The van der Waals surface area contributed by atoms with Gasteiger partial charge >= 0.3 is 0 Å². The smallest absolute Gasteiger partial charge is 0.272 e. The van der Waals surface area contributed by atoms with Gasteiger partial charge in [0.15, 0.2) is 0 Å². The second kappa shape index (κ2) is 10.3. The average Bonchev–Trinajstić information content (AvgIpc) is 2.64. The van der Waals surface area contributed by atoms with Gasteiger partial charge in [0, 0.05) is 35.8 Å². The number of amides is 1. The molecule has 0 atom stereocenters. The van der Waals surface area contributed by atoms with Gasteiger partial charge in [0.2, 0.25) is 0 Å². The van der Waals surface area contributed by atoms with Crippen LogP contribution in [0.5, 0.6) is 5.75 Å². The Bertz CT molecular complexity index is 888. The van der Waals surface area contributed by atoms with E-state index in [4.69, 9.17) is 16.3 Å². The maximum Gasteiger partial charge on any atom is 0.272 e. The number of halogens is 3. The van der Waals surface area contributed by atoms with Crippen LogP contribution in [0.2, 0.25) is 5.02 Å². The minimum Gasteiger partial charge on any atom is -0.486 e. The van der Waals surface area contributed by atoms with Gasteiger partial charge in [-0.05, 0) is 36.8 Å². The van der Waals surface area contributed by atoms with Gasteiger partial charge in [0.25, 0.3) is 12.3 Å². The number of ether oxygens (including phenoxy) is 1. The fraction of sp³-hybridized carbons (Fsp3) is 0.381. The molecular formula is C21H23ClF2N2O3. The lowest BCUT2D eigenvalue weighted by Gasteiger charge is -2.11. The first-order valence-corrected chi connectivity index (χ1v) is 9.51. The lowest BCUT2D eigenvalue weighted by Crippen LogP contribution is -2.23. The van der Waals surface area contributed by atoms with Crippen LogP contribution in [0.4, 0.5) is 8.78 Å². The van der Waals surface area contributed by atoms with Crippen LogP contribution in [0.1, 0.15) is 41.2 Å². The fourth-order valence-corrected chi connectivity index (χ4v) is 2.81. The summed E-state index contributed by atoms with van der Waals surface area (Å²) in [6.07, 6.45) is -2.41. The molecule has 5 nitrogen and oxygen atoms in total. The van der Waals surface area contributed by atoms with Crippen molar-refractivity contribution in [2.24, 2.45) is 5.92 Å². The molecule has 1 aromatic heterocycles. The summed E-state index contributed by atoms with van der Waals surface area (Å²) in [5.41, 5.74) is 2.30. The predicted octanol–water partition coefficient (Wildman–Crippen LogP) is 4.38. The molecule has 0 saturated carbocycles. The van der Waals surface area contributed by atoms with Gasteiger partial charge in [-0.2, -0.15) is 0 Å². The number of carbonyl (C=O) groups excluding carboxylic acids is 2. The van der Waals surface area contributed by atoms with Crippen molar-refractivity contribution in [2.75, 3.05) is 6.61 Å². The summed E-state index contributed by atoms with van der Waals surface area (Å²) in [5, 5.41) is 2.96. The Labute approximate surface area is 173 Å². The van der Waals surface area contributed by atoms with Crippen LogP contribution >= 0.6 is 11.6 Å². The third kappa shape index (κ3) is 7.09. The van der Waals surface area contributed by atoms with Crippen molar-refractivity contribution in [3.05, 3.63) is 57.9 Å². The van der Waals surface area contributed by atoms with Crippen LogP contribution in [0.3, 0.4) is 0 Å². The number of aromatic nitrogens is 1. The number of hydrogen-bond acceptors (Lipinski definition) is 4. The molecule has 1 N–H and O–H groups in total. The van der Waals surface area contributed by atoms with Crippen molar-refractivity contribution in [3.8, 4) is 5.75 Å². The van der Waals surface area contributed by atoms with Crippen molar-refractivity contribution in [1.82, 2.24) is 10.3 Å². The second-order valence-corrected chi connectivity index (χ2v) is 7.34. The molecule has 0 aliphatic rings. The van der Waals surface area contributed by atoms with Gasteiger partial charge in [-0.15, -0.1) is 0 Å². The molecule has 1 amide bonds. The molecule has 156 valence electrons. The highest BCUT2D eigenvalue weighted by molar-refractivity contribution is 6.32. The molecule has 0 radical (unpaired) electrons. The van der Waals surface area contributed by atoms with Gasteiger partial charge in [-0.3, -0.25) is 14.6 Å². The molecule has 0 aliphatic heterocycles. The summed E-state index contributed by atoms with van der Waals surface area (Å²) < 4.78 is 29.4. The quantitative estimate of drug-likeness (QED) is 0.648. The molecule has 2 aromatic rings. The standard InChI is InChI=1S/C21H23ClF2N2O3/c1-12(2)18(27)9-16-8-15(6-13(3)26-16)21(28)25-10-14-4-5-19(17(22)7-14)29-11-20(23)24/h4-8,12,20H,9-11H2,1-3H3,(H,25,28). The molecule has 2 rings (SSSR count). The van der Waals surface area contributed by atoms with E-state index in [0.717, 1.165) is 0 Å². The molecule has 0 saturated heterocycles. The minimum absolute atomic E-state index is 0.0539. The maximum atomic E-state index is 12.5. The van der Waals surface area contributed by atoms with Crippen LogP contribution < -0.4 is 10.1 Å². The van der Waals surface area contributed by atoms with Gasteiger partial charge in [0.1, 0.15) is 18.1 Å². The maximum absolute atomic E-state index is 12.5. The van der Waals surface area contributed by atoms with Crippen LogP contribution in [-0.4, -0.2) is 29.7 Å². The number of Topliss-reactive ketones (excluding diaryl/α,β-unsaturated/α-hetero) is 1. The van der Waals surface area contributed by atoms with Crippen LogP contribution in [0, 0.1) is 12.8 Å². The Kier molecular flexibility index (Phi) is 8.08. The largest absolute Gasteiger partial charge is 0.486 e. The van der Waals surface area contributed by atoms with Crippen molar-refractivity contribution < 1.29 is 23.1 Å². The number of alkyl halides is 2. The minimum atomic E-state index is -2.59. The summed E-state index contributed by atoms with van der Waals surface area (Å²) in [6.45, 7) is 4.85. The number of benzene rings is 1. The van der Waals surface area contributed by atoms with E-state index < -0.39 is 13.0 Å². The number of ketones is 1. The highest BCUT2D eigenvalue weighted by Gasteiger charge is 2.14. The molecule has 0 spiro atoms. The average molecular weight is 425 g/mol. The number of pyridine rings is 1. The van der Waals surface area contributed by atoms with Crippen molar-refractivity contribution >= 4 is 23.3 Å². The molecule has 8 heteroatoms. The van der Waals surface area contributed by atoms with E-state index in [9.17, 15) is 18.4 Å². The highest BCUT2D eigenvalue weighted by atomic mass is 35.5. The third-order valence-electron chi connectivity index (χ3n) is 4.08. The van der Waals surface area contributed by atoms with E-state index >= 15 is 0 Å². The number of nitrogens with zero attached hydrogens (tertiary/aromatic N) is 1. The summed E-state index contributed by atoms with van der Waals surface area (Å²) >= 11 is 6.04. The zero-order valence-electron chi connectivity index (χ0n) is 16.5. The molecule has 0 aliphatic carbocycles. The van der Waals surface area contributed by atoms with E-state index in [0.29, 0.717) is 22.5 Å². The molecule has 1 aromatic carbocycles. The SMILES string of the molecule is Cc1cc(C(=O)NCc2ccc(OCC(F)F)c(Cl)c2)cc(CC(=O)C(C)C)n1. The Balaban J connectivity index is 2.02. The summed E-state index contributed by atoms with van der Waals surface area (Å²) in [6, 6.07) is 7.92. The molecule has 0 bridgehead atoms. The number of carbonyl (C=O) groups is 2. The van der Waals surface area contributed by atoms with Crippen molar-refractivity contribution in [1.29, 1.82) is 0 Å². The van der Waals surface area contributed by atoms with Crippen LogP contribution in [0.25, 0.3) is 0 Å². The highest BCUT2D eigenvalue weighted by Crippen LogP contribution is 2.26. The number of hydrogen-bond donors (Lipinski definition) is 1. The van der Waals surface area contributed by atoms with Gasteiger partial charge in [-0.1, -0.05) is 31.5 Å². The monoisotopic (exact) mass is 424 g/mol. The summed E-state index contributed by atoms with van der Waals surface area (Å²) in [7, 11) is 0. The van der Waals surface area contributed by atoms with Crippen LogP contribution in [-0.2, 0) is 17.8 Å². The van der Waals surface area contributed by atoms with E-state index in [2.05, 4.69) is 10.3 Å². The lowest BCUT2D eigenvalue weighted by atomic mass is 10.0. The number of aryl methyl sites for hydroxylation is 1. The van der Waals surface area contributed by atoms with Gasteiger partial charge < -0.3 is 10.1 Å². The summed E-state index contributed by atoms with van der Waals surface area (Å²) in [5.74, 6) is -0.209. The number of rotatable bonds is 9. The fourth-order valence-electron chi connectivity index (χ4n) is 2.55. The Morgan fingerprint density at radius 3 is 2.55 bits per heavy atom. The lowest BCUT2D eigenvalue weighted by molar-refractivity contribution is -0.121. The van der Waals surface area contributed by atoms with E-state index in [-0.39, 0.29) is 41.3 Å².